The molecule has 2 N–H and O–H groups in total. The van der Waals surface area contributed by atoms with Gasteiger partial charge in [0, 0.05) is 17.6 Å². The van der Waals surface area contributed by atoms with Crippen LogP contribution in [0.3, 0.4) is 0 Å². The topological polar surface area (TPSA) is 65.3 Å². The van der Waals surface area contributed by atoms with Crippen molar-refractivity contribution < 1.29 is 9.84 Å². The standard InChI is InChI=1S/C15H18N2O2/c1-19-14-4-2-3-13(12(14)9-16)15(18)7-10-5-6-11(8-15)17-10/h2-4,10-11,17-18H,5-8H2,1H3. The molecule has 0 spiro atoms. The number of piperidine rings is 1. The third kappa shape index (κ3) is 1.99. The molecule has 1 aromatic carbocycles. The van der Waals surface area contributed by atoms with Crippen LogP contribution in [0.25, 0.3) is 0 Å². The molecule has 2 heterocycles. The number of benzene rings is 1. The summed E-state index contributed by atoms with van der Waals surface area (Å²) in [6, 6.07) is 8.37. The summed E-state index contributed by atoms with van der Waals surface area (Å²) in [6.45, 7) is 0. The van der Waals surface area contributed by atoms with Crippen LogP contribution >= 0.6 is 0 Å². The summed E-state index contributed by atoms with van der Waals surface area (Å²) in [5, 5.41) is 23.9. The van der Waals surface area contributed by atoms with Crippen LogP contribution in [0.2, 0.25) is 0 Å². The van der Waals surface area contributed by atoms with Gasteiger partial charge in [-0.25, -0.2) is 0 Å². The number of hydrogen-bond acceptors (Lipinski definition) is 4. The first kappa shape index (κ1) is 12.5. The van der Waals surface area contributed by atoms with E-state index >= 15 is 0 Å². The van der Waals surface area contributed by atoms with Gasteiger partial charge in [0.2, 0.25) is 0 Å². The van der Waals surface area contributed by atoms with Crippen molar-refractivity contribution in [3.8, 4) is 11.8 Å². The van der Waals surface area contributed by atoms with Gasteiger partial charge < -0.3 is 15.2 Å². The fourth-order valence-electron chi connectivity index (χ4n) is 3.55. The largest absolute Gasteiger partial charge is 0.495 e. The van der Waals surface area contributed by atoms with Crippen molar-refractivity contribution >= 4 is 0 Å². The van der Waals surface area contributed by atoms with Crippen LogP contribution < -0.4 is 10.1 Å². The van der Waals surface area contributed by atoms with Gasteiger partial charge in [0.25, 0.3) is 0 Å². The van der Waals surface area contributed by atoms with Gasteiger partial charge in [-0.2, -0.15) is 5.26 Å². The Bertz CT molecular complexity index is 523. The van der Waals surface area contributed by atoms with Gasteiger partial charge in [-0.1, -0.05) is 12.1 Å². The van der Waals surface area contributed by atoms with Crippen LogP contribution in [0.4, 0.5) is 0 Å². The van der Waals surface area contributed by atoms with Crippen LogP contribution in [-0.2, 0) is 5.60 Å². The van der Waals surface area contributed by atoms with Gasteiger partial charge in [-0.05, 0) is 31.7 Å². The maximum absolute atomic E-state index is 11.0. The average molecular weight is 258 g/mol. The number of aliphatic hydroxyl groups is 1. The number of methoxy groups -OCH3 is 1. The Labute approximate surface area is 113 Å². The lowest BCUT2D eigenvalue weighted by molar-refractivity contribution is -0.0118. The first-order valence-electron chi connectivity index (χ1n) is 6.72. The van der Waals surface area contributed by atoms with E-state index in [4.69, 9.17) is 4.74 Å². The van der Waals surface area contributed by atoms with E-state index in [0.29, 0.717) is 41.8 Å². The number of ether oxygens (including phenoxy) is 1. The van der Waals surface area contributed by atoms with Crippen LogP contribution in [0.1, 0.15) is 36.8 Å². The zero-order valence-corrected chi connectivity index (χ0v) is 11.0. The van der Waals surface area contributed by atoms with E-state index < -0.39 is 5.60 Å². The average Bonchev–Trinajstić information content (AvgIpc) is 2.77. The summed E-state index contributed by atoms with van der Waals surface area (Å²) in [5.41, 5.74) is 0.276. The van der Waals surface area contributed by atoms with Gasteiger partial charge in [-0.15, -0.1) is 0 Å². The SMILES string of the molecule is COc1cccc(C2(O)CC3CCC(C2)N3)c1C#N. The second kappa shape index (κ2) is 4.52. The lowest BCUT2D eigenvalue weighted by atomic mass is 9.79. The fraction of sp³-hybridized carbons (Fsp3) is 0.533. The highest BCUT2D eigenvalue weighted by atomic mass is 16.5. The van der Waals surface area contributed by atoms with Crippen molar-refractivity contribution in [1.82, 2.24) is 5.32 Å². The Morgan fingerprint density at radius 3 is 2.63 bits per heavy atom. The minimum atomic E-state index is -0.906. The highest BCUT2D eigenvalue weighted by Crippen LogP contribution is 2.43. The second-order valence-electron chi connectivity index (χ2n) is 5.57. The van der Waals surface area contributed by atoms with E-state index in [1.54, 1.807) is 13.2 Å². The van der Waals surface area contributed by atoms with E-state index in [1.165, 1.54) is 0 Å². The highest BCUT2D eigenvalue weighted by Gasteiger charge is 2.44. The zero-order valence-electron chi connectivity index (χ0n) is 11.0. The molecular weight excluding hydrogens is 240 g/mol. The molecule has 0 radical (unpaired) electrons. The molecule has 0 aliphatic carbocycles. The van der Waals surface area contributed by atoms with E-state index in [0.717, 1.165) is 12.8 Å². The maximum Gasteiger partial charge on any atom is 0.137 e. The van der Waals surface area contributed by atoms with Crippen LogP contribution in [0.5, 0.6) is 5.75 Å². The summed E-state index contributed by atoms with van der Waals surface area (Å²) in [6.07, 6.45) is 3.56. The minimum Gasteiger partial charge on any atom is -0.495 e. The summed E-state index contributed by atoms with van der Waals surface area (Å²) >= 11 is 0. The molecule has 2 aliphatic rings. The summed E-state index contributed by atoms with van der Waals surface area (Å²) in [4.78, 5) is 0. The van der Waals surface area contributed by atoms with Gasteiger partial charge in [-0.3, -0.25) is 0 Å². The Balaban J connectivity index is 2.04. The van der Waals surface area contributed by atoms with Crippen molar-refractivity contribution in [3.05, 3.63) is 29.3 Å². The van der Waals surface area contributed by atoms with Crippen molar-refractivity contribution in [3.63, 3.8) is 0 Å². The Hall–Kier alpha value is -1.57. The van der Waals surface area contributed by atoms with Gasteiger partial charge in [0.05, 0.1) is 12.7 Å². The van der Waals surface area contributed by atoms with Crippen molar-refractivity contribution in [2.45, 2.75) is 43.4 Å². The van der Waals surface area contributed by atoms with E-state index in [1.807, 2.05) is 12.1 Å². The Kier molecular flexibility index (Phi) is 2.96. The number of nitrogens with one attached hydrogen (secondary N) is 1. The molecule has 2 atom stereocenters. The van der Waals surface area contributed by atoms with Crippen LogP contribution in [-0.4, -0.2) is 24.3 Å². The number of rotatable bonds is 2. The molecule has 4 heteroatoms. The number of nitriles is 1. The molecule has 2 fully saturated rings. The first-order valence-corrected chi connectivity index (χ1v) is 6.72. The zero-order chi connectivity index (χ0) is 13.5. The molecule has 0 saturated carbocycles. The van der Waals surface area contributed by atoms with Gasteiger partial charge >= 0.3 is 0 Å². The molecule has 19 heavy (non-hydrogen) atoms. The normalized spacial score (nSPS) is 32.9. The summed E-state index contributed by atoms with van der Waals surface area (Å²) in [5.74, 6) is 0.541. The molecule has 2 aliphatic heterocycles. The molecule has 3 rings (SSSR count). The smallest absolute Gasteiger partial charge is 0.137 e. The van der Waals surface area contributed by atoms with E-state index in [-0.39, 0.29) is 0 Å². The number of hydrogen-bond donors (Lipinski definition) is 2. The van der Waals surface area contributed by atoms with Crippen LogP contribution in [0.15, 0.2) is 18.2 Å². The lowest BCUT2D eigenvalue weighted by Gasteiger charge is -2.38. The lowest BCUT2D eigenvalue weighted by Crippen LogP contribution is -2.47. The Morgan fingerprint density at radius 2 is 2.05 bits per heavy atom. The quantitative estimate of drug-likeness (QED) is 0.847. The number of nitrogens with zero attached hydrogens (tertiary/aromatic N) is 1. The number of fused-ring (bicyclic) bond motifs is 2. The summed E-state index contributed by atoms with van der Waals surface area (Å²) in [7, 11) is 1.55. The fourth-order valence-corrected chi connectivity index (χ4v) is 3.55. The summed E-state index contributed by atoms with van der Waals surface area (Å²) < 4.78 is 5.23. The molecular formula is C15H18N2O2. The molecule has 2 unspecified atom stereocenters. The molecule has 2 bridgehead atoms. The monoisotopic (exact) mass is 258 g/mol. The molecule has 1 aromatic rings. The van der Waals surface area contributed by atoms with E-state index in [2.05, 4.69) is 11.4 Å². The molecule has 0 amide bonds. The minimum absolute atomic E-state index is 0.362. The Morgan fingerprint density at radius 1 is 1.37 bits per heavy atom. The molecule has 100 valence electrons. The third-order valence-electron chi connectivity index (χ3n) is 4.36. The highest BCUT2D eigenvalue weighted by molar-refractivity contribution is 5.51. The predicted octanol–water partition coefficient (Wildman–Crippen LogP) is 1.67. The van der Waals surface area contributed by atoms with Crippen molar-refractivity contribution in [2.24, 2.45) is 0 Å². The van der Waals surface area contributed by atoms with E-state index in [9.17, 15) is 10.4 Å². The second-order valence-corrected chi connectivity index (χ2v) is 5.57. The van der Waals surface area contributed by atoms with Crippen molar-refractivity contribution in [1.29, 1.82) is 5.26 Å². The molecule has 2 saturated heterocycles. The maximum atomic E-state index is 11.0. The third-order valence-corrected chi connectivity index (χ3v) is 4.36. The van der Waals surface area contributed by atoms with Crippen molar-refractivity contribution in [2.75, 3.05) is 7.11 Å². The van der Waals surface area contributed by atoms with Gasteiger partial charge in [0.15, 0.2) is 0 Å². The molecule has 4 nitrogen and oxygen atoms in total. The molecule has 0 aromatic heterocycles. The predicted molar refractivity (Wildman–Crippen MR) is 70.8 cm³/mol. The van der Waals surface area contributed by atoms with Crippen LogP contribution in [0, 0.1) is 11.3 Å². The van der Waals surface area contributed by atoms with Gasteiger partial charge in [0.1, 0.15) is 17.4 Å². The first-order chi connectivity index (χ1) is 9.16.